The van der Waals surface area contributed by atoms with Crippen molar-refractivity contribution in [2.24, 2.45) is 0 Å². The molecule has 0 saturated heterocycles. The van der Waals surface area contributed by atoms with E-state index in [4.69, 9.17) is 9.97 Å². The van der Waals surface area contributed by atoms with Crippen LogP contribution in [0.5, 0.6) is 0 Å². The molecule has 66 heavy (non-hydrogen) atoms. The predicted octanol–water partition coefficient (Wildman–Crippen LogP) is 9.07. The Balaban J connectivity index is 0.000000166. The molecule has 4 aromatic heterocycles. The molecule has 0 bridgehead atoms. The molecule has 6 heterocycles. The minimum Gasteiger partial charge on any atom is -0.308 e. The van der Waals surface area contributed by atoms with Crippen LogP contribution in [0.2, 0.25) is 0 Å². The van der Waals surface area contributed by atoms with E-state index in [1.54, 1.807) is 0 Å². The van der Waals surface area contributed by atoms with Gasteiger partial charge in [-0.05, 0) is 106 Å². The maximum atomic E-state index is 12.9. The zero-order valence-electron chi connectivity index (χ0n) is 37.8. The van der Waals surface area contributed by atoms with Crippen molar-refractivity contribution < 1.29 is 9.59 Å². The summed E-state index contributed by atoms with van der Waals surface area (Å²) >= 11 is 0. The number of tetrazole rings is 2. The molecule has 14 nitrogen and oxygen atoms in total. The number of aromatic amines is 2. The largest absolute Gasteiger partial charge is 0.308 e. The molecule has 2 N–H and O–H groups in total. The molecule has 4 aromatic carbocycles. The molecule has 10 rings (SSSR count). The lowest BCUT2D eigenvalue weighted by atomic mass is 9.96. The van der Waals surface area contributed by atoms with Gasteiger partial charge in [-0.2, -0.15) is 10.4 Å². The first kappa shape index (κ1) is 43.5. The summed E-state index contributed by atoms with van der Waals surface area (Å²) in [4.78, 5) is 39.3. The summed E-state index contributed by atoms with van der Waals surface area (Å²) in [7, 11) is 0. The molecule has 2 aliphatic heterocycles. The van der Waals surface area contributed by atoms with Crippen LogP contribution in [0.3, 0.4) is 0 Å². The van der Waals surface area contributed by atoms with Crippen LogP contribution in [0.4, 0.5) is 11.4 Å². The Kier molecular flexibility index (Phi) is 12.9. The minimum atomic E-state index is 0.171. The van der Waals surface area contributed by atoms with Crippen LogP contribution < -0.4 is 9.80 Å². The monoisotopic (exact) mass is 876 g/mol. The molecule has 0 fully saturated rings. The van der Waals surface area contributed by atoms with Gasteiger partial charge in [0, 0.05) is 46.7 Å². The molecule has 332 valence electrons. The van der Waals surface area contributed by atoms with E-state index in [1.165, 1.54) is 11.1 Å². The van der Waals surface area contributed by atoms with Gasteiger partial charge in [-0.15, -0.1) is 20.4 Å². The van der Waals surface area contributed by atoms with Crippen LogP contribution in [-0.2, 0) is 61.2 Å². The first-order valence-electron chi connectivity index (χ1n) is 22.8. The van der Waals surface area contributed by atoms with Gasteiger partial charge < -0.3 is 9.80 Å². The fourth-order valence-electron chi connectivity index (χ4n) is 9.01. The molecular weight excluding hydrogens is 825 g/mol. The van der Waals surface area contributed by atoms with E-state index in [1.807, 2.05) is 46.2 Å². The number of pyridine rings is 2. The lowest BCUT2D eigenvalue weighted by molar-refractivity contribution is -0.119. The Labute approximate surface area is 383 Å². The van der Waals surface area contributed by atoms with Crippen LogP contribution in [0.15, 0.2) is 109 Å². The Morgan fingerprint density at radius 3 is 1.23 bits per heavy atom. The number of benzene rings is 4. The second kappa shape index (κ2) is 19.6. The van der Waals surface area contributed by atoms with Gasteiger partial charge in [-0.1, -0.05) is 125 Å². The molecule has 2 aliphatic rings. The molecule has 14 heteroatoms. The van der Waals surface area contributed by atoms with Crippen LogP contribution in [0.25, 0.3) is 45.0 Å². The smallest absolute Gasteiger partial charge is 0.227 e. The molecular formula is C52H52N12O2. The van der Waals surface area contributed by atoms with Crippen LogP contribution >= 0.6 is 0 Å². The van der Waals surface area contributed by atoms with E-state index in [0.717, 1.165) is 117 Å². The van der Waals surface area contributed by atoms with Gasteiger partial charge in [-0.3, -0.25) is 19.6 Å². The summed E-state index contributed by atoms with van der Waals surface area (Å²) in [6.45, 7) is 9.58. The lowest BCUT2D eigenvalue weighted by Gasteiger charge is -2.31. The number of nitrogens with zero attached hydrogens (tertiary/aromatic N) is 10. The SMILES string of the molecule is CCc1cc2c(c(CC)n1)CCC(=O)N2Cc1ccc(-c2ccccc2-c2nn[nH]n2)cc1.CCc1cc2c(c(CC)n1)CCC(=O)N2Cc1ccc(-c2ccccc2-c2nn[nH]n2)cc1. The number of fused-ring (bicyclic) bond motifs is 2. The number of rotatable bonds is 12. The molecule has 0 saturated carbocycles. The molecule has 0 unspecified atom stereocenters. The molecule has 0 atom stereocenters. The maximum Gasteiger partial charge on any atom is 0.227 e. The maximum absolute atomic E-state index is 12.9. The van der Waals surface area contributed by atoms with Crippen molar-refractivity contribution >= 4 is 23.2 Å². The molecule has 8 aromatic rings. The summed E-state index contributed by atoms with van der Waals surface area (Å²) in [6.07, 6.45) is 6.09. The van der Waals surface area contributed by atoms with Gasteiger partial charge in [0.2, 0.25) is 23.5 Å². The van der Waals surface area contributed by atoms with Gasteiger partial charge in [0.1, 0.15) is 0 Å². The average Bonchev–Trinajstić information content (AvgIpc) is 4.12. The summed E-state index contributed by atoms with van der Waals surface area (Å²) in [5.74, 6) is 1.48. The van der Waals surface area contributed by atoms with Gasteiger partial charge in [-0.25, -0.2) is 0 Å². The van der Waals surface area contributed by atoms with Gasteiger partial charge in [0.15, 0.2) is 0 Å². The first-order chi connectivity index (χ1) is 32.3. The van der Waals surface area contributed by atoms with Crippen molar-refractivity contribution in [3.05, 3.63) is 154 Å². The van der Waals surface area contributed by atoms with Crippen molar-refractivity contribution in [1.82, 2.24) is 51.2 Å². The van der Waals surface area contributed by atoms with E-state index >= 15 is 0 Å². The topological polar surface area (TPSA) is 175 Å². The highest BCUT2D eigenvalue weighted by Crippen LogP contribution is 2.36. The Morgan fingerprint density at radius 2 is 0.879 bits per heavy atom. The number of hydrogen-bond acceptors (Lipinski definition) is 10. The summed E-state index contributed by atoms with van der Waals surface area (Å²) in [5.41, 5.74) is 17.1. The summed E-state index contributed by atoms with van der Waals surface area (Å²) in [5, 5.41) is 28.9. The highest BCUT2D eigenvalue weighted by molar-refractivity contribution is 5.97. The number of amides is 2. The fraction of sp³-hybridized carbons (Fsp3) is 0.269. The zero-order valence-corrected chi connectivity index (χ0v) is 37.8. The molecule has 0 radical (unpaired) electrons. The standard InChI is InChI=1S/2C26H26N6O/c2*1-3-19-15-24-22(23(4-2)27-19)13-14-25(33)32(24)16-17-9-11-18(12-10-17)20-7-5-6-8-21(20)26-28-30-31-29-26/h2*5-12,15H,3-4,13-14,16H2,1-2H3,(H,28,29,30,31). The number of aryl methyl sites for hydroxylation is 4. The van der Waals surface area contributed by atoms with Crippen LogP contribution in [0, 0.1) is 0 Å². The third-order valence-corrected chi connectivity index (χ3v) is 12.5. The summed E-state index contributed by atoms with van der Waals surface area (Å²) < 4.78 is 0. The third-order valence-electron chi connectivity index (χ3n) is 12.5. The number of nitrogens with one attached hydrogen (secondary N) is 2. The molecule has 2 amide bonds. The second-order valence-electron chi connectivity index (χ2n) is 16.4. The van der Waals surface area contributed by atoms with E-state index in [9.17, 15) is 9.59 Å². The third kappa shape index (κ3) is 8.99. The van der Waals surface area contributed by atoms with E-state index in [2.05, 4.69) is 142 Å². The first-order valence-corrected chi connectivity index (χ1v) is 22.8. The minimum absolute atomic E-state index is 0.171. The van der Waals surface area contributed by atoms with Crippen molar-refractivity contribution in [3.63, 3.8) is 0 Å². The van der Waals surface area contributed by atoms with Crippen LogP contribution in [-0.4, -0.2) is 63.0 Å². The number of aromatic nitrogens is 10. The highest BCUT2D eigenvalue weighted by atomic mass is 16.2. The van der Waals surface area contributed by atoms with Gasteiger partial charge in [0.25, 0.3) is 0 Å². The van der Waals surface area contributed by atoms with Gasteiger partial charge in [0.05, 0.1) is 24.5 Å². The highest BCUT2D eigenvalue weighted by Gasteiger charge is 2.29. The van der Waals surface area contributed by atoms with Crippen molar-refractivity contribution in [3.8, 4) is 45.0 Å². The van der Waals surface area contributed by atoms with Gasteiger partial charge >= 0.3 is 0 Å². The normalized spacial score (nSPS) is 13.3. The predicted molar refractivity (Wildman–Crippen MR) is 255 cm³/mol. The number of anilines is 2. The zero-order chi connectivity index (χ0) is 45.6. The lowest BCUT2D eigenvalue weighted by Crippen LogP contribution is -2.35. The number of carbonyl (C=O) groups is 2. The quantitative estimate of drug-likeness (QED) is 0.120. The number of carbonyl (C=O) groups excluding carboxylic acids is 2. The molecule has 0 spiro atoms. The fourth-order valence-corrected chi connectivity index (χ4v) is 9.01. The van der Waals surface area contributed by atoms with E-state index in [-0.39, 0.29) is 11.8 Å². The van der Waals surface area contributed by atoms with Crippen molar-refractivity contribution in [2.45, 2.75) is 92.2 Å². The Hall–Kier alpha value is -7.74. The van der Waals surface area contributed by atoms with E-state index < -0.39 is 0 Å². The second-order valence-corrected chi connectivity index (χ2v) is 16.4. The average molecular weight is 877 g/mol. The number of H-pyrrole nitrogens is 2. The number of hydrogen-bond donors (Lipinski definition) is 2. The van der Waals surface area contributed by atoms with E-state index in [0.29, 0.717) is 37.6 Å². The van der Waals surface area contributed by atoms with Crippen molar-refractivity contribution in [2.75, 3.05) is 9.80 Å². The van der Waals surface area contributed by atoms with Crippen LogP contribution in [0.1, 0.15) is 85.6 Å². The Bertz CT molecular complexity index is 2760. The Morgan fingerprint density at radius 1 is 0.485 bits per heavy atom. The molecule has 0 aliphatic carbocycles. The summed E-state index contributed by atoms with van der Waals surface area (Å²) in [6, 6.07) is 36.9. The van der Waals surface area contributed by atoms with Crippen molar-refractivity contribution in [1.29, 1.82) is 0 Å².